The average Bonchev–Trinajstić information content (AvgIpc) is 2.80. The molecule has 0 spiro atoms. The molecule has 1 heterocycles. The van der Waals surface area contributed by atoms with Crippen molar-refractivity contribution in [2.75, 3.05) is 23.4 Å². The highest BCUT2D eigenvalue weighted by Crippen LogP contribution is 2.27. The van der Waals surface area contributed by atoms with E-state index in [4.69, 9.17) is 0 Å². The van der Waals surface area contributed by atoms with E-state index in [0.29, 0.717) is 18.2 Å². The van der Waals surface area contributed by atoms with Gasteiger partial charge in [-0.15, -0.1) is 0 Å². The van der Waals surface area contributed by atoms with Crippen molar-refractivity contribution in [3.63, 3.8) is 0 Å². The third-order valence-electron chi connectivity index (χ3n) is 2.76. The van der Waals surface area contributed by atoms with Crippen LogP contribution in [-0.4, -0.2) is 23.0 Å². The van der Waals surface area contributed by atoms with E-state index in [1.165, 1.54) is 12.1 Å². The zero-order chi connectivity index (χ0) is 12.3. The zero-order valence-electron chi connectivity index (χ0n) is 9.19. The number of nitro groups is 1. The van der Waals surface area contributed by atoms with E-state index in [1.807, 2.05) is 11.8 Å². The Labute approximate surface area is 103 Å². The van der Waals surface area contributed by atoms with Crippen molar-refractivity contribution in [2.24, 2.45) is 5.92 Å². The van der Waals surface area contributed by atoms with Crippen LogP contribution in [0.3, 0.4) is 0 Å². The van der Waals surface area contributed by atoms with Crippen molar-refractivity contribution < 1.29 is 9.31 Å². The van der Waals surface area contributed by atoms with E-state index in [-0.39, 0.29) is 5.69 Å². The summed E-state index contributed by atoms with van der Waals surface area (Å²) in [6.07, 6.45) is 1.13. The largest absolute Gasteiger partial charge is 0.379 e. The Kier molecular flexibility index (Phi) is 3.83. The van der Waals surface area contributed by atoms with Gasteiger partial charge in [0.15, 0.2) is 0 Å². The molecule has 1 fully saturated rings. The Morgan fingerprint density at radius 1 is 1.59 bits per heavy atom. The maximum atomic E-state index is 12.9. The number of hydrogen-bond acceptors (Lipinski definition) is 4. The molecule has 0 amide bonds. The van der Waals surface area contributed by atoms with Gasteiger partial charge in [-0.3, -0.25) is 10.1 Å². The molecular weight excluding hydrogens is 243 g/mol. The van der Waals surface area contributed by atoms with Crippen LogP contribution in [0, 0.1) is 21.8 Å². The summed E-state index contributed by atoms with van der Waals surface area (Å²) in [5.41, 5.74) is 0.198. The Bertz CT molecular complexity index is 422. The molecule has 0 bridgehead atoms. The van der Waals surface area contributed by atoms with Gasteiger partial charge in [0.1, 0.15) is 11.5 Å². The summed E-state index contributed by atoms with van der Waals surface area (Å²) in [5, 5.41) is 13.8. The van der Waals surface area contributed by atoms with Gasteiger partial charge < -0.3 is 5.32 Å². The van der Waals surface area contributed by atoms with E-state index in [2.05, 4.69) is 5.32 Å². The number of halogens is 1. The predicted molar refractivity (Wildman–Crippen MR) is 67.0 cm³/mol. The highest BCUT2D eigenvalue weighted by Gasteiger charge is 2.18. The normalized spacial score (nSPS) is 19.2. The molecule has 6 heteroatoms. The number of anilines is 1. The van der Waals surface area contributed by atoms with Crippen molar-refractivity contribution in [2.45, 2.75) is 6.42 Å². The smallest absolute Gasteiger partial charge is 0.295 e. The van der Waals surface area contributed by atoms with Crippen LogP contribution in [0.25, 0.3) is 0 Å². The molecule has 1 saturated heterocycles. The van der Waals surface area contributed by atoms with E-state index >= 15 is 0 Å². The number of nitrogens with one attached hydrogen (secondary N) is 1. The Morgan fingerprint density at radius 3 is 3.06 bits per heavy atom. The summed E-state index contributed by atoms with van der Waals surface area (Å²) in [5.74, 6) is 2.20. The van der Waals surface area contributed by atoms with Crippen molar-refractivity contribution in [1.82, 2.24) is 0 Å². The second kappa shape index (κ2) is 5.35. The molecule has 1 N–H and O–H groups in total. The molecule has 0 aromatic heterocycles. The van der Waals surface area contributed by atoms with Crippen molar-refractivity contribution >= 4 is 23.1 Å². The molecule has 1 aliphatic heterocycles. The first-order chi connectivity index (χ1) is 8.16. The Balaban J connectivity index is 2.06. The number of benzene rings is 1. The number of thioether (sulfide) groups is 1. The number of nitro benzene ring substituents is 1. The third kappa shape index (κ3) is 3.09. The van der Waals surface area contributed by atoms with Crippen LogP contribution in [0.1, 0.15) is 6.42 Å². The minimum atomic E-state index is -0.585. The number of rotatable bonds is 4. The highest BCUT2D eigenvalue weighted by atomic mass is 32.2. The van der Waals surface area contributed by atoms with Crippen LogP contribution >= 0.6 is 11.8 Å². The van der Waals surface area contributed by atoms with Crippen molar-refractivity contribution in [1.29, 1.82) is 0 Å². The Morgan fingerprint density at radius 2 is 2.41 bits per heavy atom. The molecule has 0 saturated carbocycles. The summed E-state index contributed by atoms with van der Waals surface area (Å²) < 4.78 is 12.9. The van der Waals surface area contributed by atoms with E-state index in [1.54, 1.807) is 0 Å². The van der Waals surface area contributed by atoms with Gasteiger partial charge in [-0.2, -0.15) is 11.8 Å². The molecule has 1 aromatic rings. The summed E-state index contributed by atoms with van der Waals surface area (Å²) in [7, 11) is 0. The highest BCUT2D eigenvalue weighted by molar-refractivity contribution is 7.99. The predicted octanol–water partition coefficient (Wildman–Crippen LogP) is 2.90. The van der Waals surface area contributed by atoms with Gasteiger partial charge in [-0.05, 0) is 36.0 Å². The van der Waals surface area contributed by atoms with E-state index < -0.39 is 10.7 Å². The standard InChI is InChI=1S/C11H13FN2O2S/c12-9-1-2-10(11(5-9)14(15)16)13-6-8-3-4-17-7-8/h1-2,5,8,13H,3-4,6-7H2. The van der Waals surface area contributed by atoms with Crippen LogP contribution in [0.2, 0.25) is 0 Å². The molecule has 0 aliphatic carbocycles. The lowest BCUT2D eigenvalue weighted by molar-refractivity contribution is -0.384. The van der Waals surface area contributed by atoms with Crippen LogP contribution in [-0.2, 0) is 0 Å². The number of hydrogen-bond donors (Lipinski definition) is 1. The van der Waals surface area contributed by atoms with Crippen molar-refractivity contribution in [3.05, 3.63) is 34.1 Å². The van der Waals surface area contributed by atoms with Crippen LogP contribution < -0.4 is 5.32 Å². The fourth-order valence-electron chi connectivity index (χ4n) is 1.80. The lowest BCUT2D eigenvalue weighted by atomic mass is 10.1. The van der Waals surface area contributed by atoms with Gasteiger partial charge in [0.25, 0.3) is 5.69 Å². The van der Waals surface area contributed by atoms with Gasteiger partial charge in [0.05, 0.1) is 11.0 Å². The van der Waals surface area contributed by atoms with Gasteiger partial charge in [0, 0.05) is 6.54 Å². The summed E-state index contributed by atoms with van der Waals surface area (Å²) in [6.45, 7) is 0.708. The van der Waals surface area contributed by atoms with Crippen molar-refractivity contribution in [3.8, 4) is 0 Å². The molecule has 2 rings (SSSR count). The molecular formula is C11H13FN2O2S. The fraction of sp³-hybridized carbons (Fsp3) is 0.455. The SMILES string of the molecule is O=[N+]([O-])c1cc(F)ccc1NCC1CCSC1. The fourth-order valence-corrected chi connectivity index (χ4v) is 3.09. The first-order valence-electron chi connectivity index (χ1n) is 5.42. The number of nitrogens with zero attached hydrogens (tertiary/aromatic N) is 1. The summed E-state index contributed by atoms with van der Waals surface area (Å²) >= 11 is 1.90. The van der Waals surface area contributed by atoms with E-state index in [9.17, 15) is 14.5 Å². The maximum Gasteiger partial charge on any atom is 0.295 e. The first-order valence-corrected chi connectivity index (χ1v) is 6.58. The van der Waals surface area contributed by atoms with Gasteiger partial charge in [-0.25, -0.2) is 4.39 Å². The third-order valence-corrected chi connectivity index (χ3v) is 3.99. The molecule has 17 heavy (non-hydrogen) atoms. The molecule has 1 aliphatic rings. The van der Waals surface area contributed by atoms with Gasteiger partial charge in [0.2, 0.25) is 0 Å². The lowest BCUT2D eigenvalue weighted by Gasteiger charge is -2.11. The summed E-state index contributed by atoms with van der Waals surface area (Å²) in [6, 6.07) is 3.61. The minimum Gasteiger partial charge on any atom is -0.379 e. The molecule has 1 atom stereocenters. The second-order valence-electron chi connectivity index (χ2n) is 4.03. The summed E-state index contributed by atoms with van der Waals surface area (Å²) in [4.78, 5) is 10.2. The molecule has 1 aromatic carbocycles. The van der Waals surface area contributed by atoms with Gasteiger partial charge in [-0.1, -0.05) is 0 Å². The maximum absolute atomic E-state index is 12.9. The van der Waals surface area contributed by atoms with Crippen LogP contribution in [0.15, 0.2) is 18.2 Å². The molecule has 92 valence electrons. The zero-order valence-corrected chi connectivity index (χ0v) is 10.0. The second-order valence-corrected chi connectivity index (χ2v) is 5.18. The molecule has 4 nitrogen and oxygen atoms in total. The van der Waals surface area contributed by atoms with Crippen LogP contribution in [0.5, 0.6) is 0 Å². The average molecular weight is 256 g/mol. The van der Waals surface area contributed by atoms with E-state index in [0.717, 1.165) is 24.0 Å². The Hall–Kier alpha value is -1.30. The lowest BCUT2D eigenvalue weighted by Crippen LogP contribution is -2.14. The molecule has 0 radical (unpaired) electrons. The topological polar surface area (TPSA) is 55.2 Å². The minimum absolute atomic E-state index is 0.198. The van der Waals surface area contributed by atoms with Crippen LogP contribution in [0.4, 0.5) is 15.8 Å². The first kappa shape index (κ1) is 12.2. The monoisotopic (exact) mass is 256 g/mol. The molecule has 1 unspecified atom stereocenters. The van der Waals surface area contributed by atoms with Gasteiger partial charge >= 0.3 is 0 Å². The quantitative estimate of drug-likeness (QED) is 0.664.